The normalized spacial score (nSPS) is 16.5. The van der Waals surface area contributed by atoms with Crippen molar-refractivity contribution in [2.75, 3.05) is 34.2 Å². The number of aromatic nitrogens is 1. The molecule has 7 nitrogen and oxygen atoms in total. The number of hydrogen-bond donors (Lipinski definition) is 1. The first-order valence-corrected chi connectivity index (χ1v) is 10.6. The van der Waals surface area contributed by atoms with Gasteiger partial charge in [0.15, 0.2) is 0 Å². The zero-order valence-corrected chi connectivity index (χ0v) is 16.0. The average Bonchev–Trinajstić information content (AvgIpc) is 3.31. The first-order chi connectivity index (χ1) is 12.9. The highest BCUT2D eigenvalue weighted by molar-refractivity contribution is 7.92. The van der Waals surface area contributed by atoms with Crippen LogP contribution in [-0.2, 0) is 21.2 Å². The Morgan fingerprint density at radius 1 is 1.11 bits per heavy atom. The predicted molar refractivity (Wildman–Crippen MR) is 105 cm³/mol. The Kier molecular flexibility index (Phi) is 4.51. The number of fused-ring (bicyclic) bond motifs is 1. The Bertz CT molecular complexity index is 967. The van der Waals surface area contributed by atoms with E-state index in [9.17, 15) is 13.2 Å². The molecule has 0 aliphatic carbocycles. The van der Waals surface area contributed by atoms with Crippen LogP contribution < -0.4 is 14.5 Å². The molecule has 0 unspecified atom stereocenters. The smallest absolute Gasteiger partial charge is 0.263 e. The molecule has 1 aromatic heterocycles. The molecular formula is C19H22N4O3S. The number of nitrogens with one attached hydrogen (secondary N) is 1. The summed E-state index contributed by atoms with van der Waals surface area (Å²) in [5, 5.41) is 0. The van der Waals surface area contributed by atoms with Crippen molar-refractivity contribution < 1.29 is 13.2 Å². The fourth-order valence-electron chi connectivity index (χ4n) is 3.68. The van der Waals surface area contributed by atoms with Crippen LogP contribution in [0, 0.1) is 0 Å². The Morgan fingerprint density at radius 3 is 2.56 bits per heavy atom. The van der Waals surface area contributed by atoms with Gasteiger partial charge in [-0.2, -0.15) is 0 Å². The molecule has 2 aliphatic rings. The van der Waals surface area contributed by atoms with Gasteiger partial charge in [-0.1, -0.05) is 0 Å². The highest BCUT2D eigenvalue weighted by atomic mass is 32.2. The summed E-state index contributed by atoms with van der Waals surface area (Å²) in [4.78, 5) is 20.0. The molecule has 2 aromatic rings. The minimum absolute atomic E-state index is 0.0372. The summed E-state index contributed by atoms with van der Waals surface area (Å²) < 4.78 is 28.0. The van der Waals surface area contributed by atoms with E-state index in [2.05, 4.69) is 14.6 Å². The van der Waals surface area contributed by atoms with Crippen LogP contribution in [0.5, 0.6) is 0 Å². The minimum atomic E-state index is -3.73. The van der Waals surface area contributed by atoms with E-state index in [1.807, 2.05) is 6.07 Å². The summed E-state index contributed by atoms with van der Waals surface area (Å²) in [7, 11) is -3.73. The van der Waals surface area contributed by atoms with Crippen molar-refractivity contribution >= 4 is 33.1 Å². The third-order valence-electron chi connectivity index (χ3n) is 5.09. The first kappa shape index (κ1) is 17.8. The van der Waals surface area contributed by atoms with Crippen molar-refractivity contribution in [2.45, 2.75) is 31.1 Å². The summed E-state index contributed by atoms with van der Waals surface area (Å²) >= 11 is 0. The number of benzene rings is 1. The van der Waals surface area contributed by atoms with Crippen LogP contribution in [0.4, 0.5) is 17.2 Å². The standard InChI is InChI=1S/C19H22N4O3S/c1-14(24)23-11-8-15-12-17(5-6-18(15)23)27(25,26)21-19-7-4-16(13-20-19)22-9-2-3-10-22/h4-7,12-13H,2-3,8-11H2,1H3,(H,20,21). The highest BCUT2D eigenvalue weighted by Crippen LogP contribution is 2.31. The SMILES string of the molecule is CC(=O)N1CCc2cc(S(=O)(=O)Nc3ccc(N4CCCC4)cn3)ccc21. The van der Waals surface area contributed by atoms with E-state index in [1.165, 1.54) is 25.8 Å². The number of hydrogen-bond acceptors (Lipinski definition) is 5. The number of carbonyl (C=O) groups is 1. The van der Waals surface area contributed by atoms with Crippen molar-refractivity contribution in [2.24, 2.45) is 0 Å². The van der Waals surface area contributed by atoms with Gasteiger partial charge in [0, 0.05) is 32.2 Å². The van der Waals surface area contributed by atoms with Gasteiger partial charge in [-0.15, -0.1) is 0 Å². The molecule has 0 spiro atoms. The van der Waals surface area contributed by atoms with E-state index in [0.29, 0.717) is 18.8 Å². The zero-order valence-electron chi connectivity index (χ0n) is 15.2. The van der Waals surface area contributed by atoms with Gasteiger partial charge < -0.3 is 9.80 Å². The van der Waals surface area contributed by atoms with Gasteiger partial charge in [-0.25, -0.2) is 13.4 Å². The van der Waals surface area contributed by atoms with Crippen molar-refractivity contribution in [3.8, 4) is 0 Å². The van der Waals surface area contributed by atoms with Gasteiger partial charge in [0.1, 0.15) is 5.82 Å². The maximum absolute atomic E-state index is 12.7. The van der Waals surface area contributed by atoms with E-state index in [4.69, 9.17) is 0 Å². The predicted octanol–water partition coefficient (Wildman–Crippen LogP) is 2.39. The van der Waals surface area contributed by atoms with Crippen LogP contribution in [0.15, 0.2) is 41.4 Å². The Hall–Kier alpha value is -2.61. The molecule has 0 bridgehead atoms. The molecule has 1 fully saturated rings. The lowest BCUT2D eigenvalue weighted by atomic mass is 10.2. The lowest BCUT2D eigenvalue weighted by molar-refractivity contribution is -0.116. The Balaban J connectivity index is 1.53. The van der Waals surface area contributed by atoms with Crippen LogP contribution in [-0.4, -0.2) is 38.9 Å². The van der Waals surface area contributed by atoms with Crippen LogP contribution in [0.1, 0.15) is 25.3 Å². The van der Waals surface area contributed by atoms with E-state index in [1.54, 1.807) is 29.3 Å². The maximum Gasteiger partial charge on any atom is 0.263 e. The molecule has 27 heavy (non-hydrogen) atoms. The molecule has 1 saturated heterocycles. The van der Waals surface area contributed by atoms with Crippen LogP contribution in [0.25, 0.3) is 0 Å². The number of amides is 1. The number of anilines is 3. The third-order valence-corrected chi connectivity index (χ3v) is 6.45. The summed E-state index contributed by atoms with van der Waals surface area (Å²) in [6.07, 6.45) is 4.71. The molecule has 1 N–H and O–H groups in total. The van der Waals surface area contributed by atoms with Gasteiger partial charge in [-0.3, -0.25) is 9.52 Å². The number of pyridine rings is 1. The lowest BCUT2D eigenvalue weighted by Gasteiger charge is -2.17. The van der Waals surface area contributed by atoms with E-state index < -0.39 is 10.0 Å². The van der Waals surface area contributed by atoms with E-state index in [-0.39, 0.29) is 10.8 Å². The van der Waals surface area contributed by atoms with Gasteiger partial charge in [-0.05, 0) is 55.2 Å². The number of sulfonamides is 1. The second-order valence-corrected chi connectivity index (χ2v) is 8.59. The van der Waals surface area contributed by atoms with E-state index >= 15 is 0 Å². The lowest BCUT2D eigenvalue weighted by Crippen LogP contribution is -2.25. The average molecular weight is 386 g/mol. The molecule has 0 atom stereocenters. The molecule has 1 aromatic carbocycles. The summed E-state index contributed by atoms with van der Waals surface area (Å²) in [6.45, 7) is 4.12. The largest absolute Gasteiger partial charge is 0.370 e. The second kappa shape index (κ2) is 6.84. The van der Waals surface area contributed by atoms with Gasteiger partial charge in [0.2, 0.25) is 5.91 Å². The number of nitrogens with zero attached hydrogens (tertiary/aromatic N) is 3. The Labute approximate surface area is 159 Å². The van der Waals surface area contributed by atoms with Gasteiger partial charge in [0.25, 0.3) is 10.0 Å². The summed E-state index contributed by atoms with van der Waals surface area (Å²) in [5.74, 6) is 0.258. The quantitative estimate of drug-likeness (QED) is 0.872. The van der Waals surface area contributed by atoms with Crippen LogP contribution in [0.2, 0.25) is 0 Å². The molecule has 3 heterocycles. The molecule has 0 radical (unpaired) electrons. The minimum Gasteiger partial charge on any atom is -0.370 e. The monoisotopic (exact) mass is 386 g/mol. The third kappa shape index (κ3) is 3.49. The van der Waals surface area contributed by atoms with Crippen molar-refractivity contribution in [1.82, 2.24) is 4.98 Å². The molecule has 4 rings (SSSR count). The topological polar surface area (TPSA) is 82.6 Å². The molecule has 1 amide bonds. The molecule has 2 aliphatic heterocycles. The summed E-state index contributed by atoms with van der Waals surface area (Å²) in [5.41, 5.74) is 2.66. The Morgan fingerprint density at radius 2 is 1.89 bits per heavy atom. The second-order valence-electron chi connectivity index (χ2n) is 6.91. The molecule has 8 heteroatoms. The van der Waals surface area contributed by atoms with E-state index in [0.717, 1.165) is 30.0 Å². The molecular weight excluding hydrogens is 364 g/mol. The van der Waals surface area contributed by atoms with Crippen LogP contribution >= 0.6 is 0 Å². The van der Waals surface area contributed by atoms with Crippen molar-refractivity contribution in [3.05, 3.63) is 42.1 Å². The fourth-order valence-corrected chi connectivity index (χ4v) is 4.74. The number of rotatable bonds is 4. The van der Waals surface area contributed by atoms with Crippen molar-refractivity contribution in [3.63, 3.8) is 0 Å². The molecule has 142 valence electrons. The fraction of sp³-hybridized carbons (Fsp3) is 0.368. The highest BCUT2D eigenvalue weighted by Gasteiger charge is 2.25. The summed E-state index contributed by atoms with van der Waals surface area (Å²) in [6, 6.07) is 8.45. The molecule has 0 saturated carbocycles. The van der Waals surface area contributed by atoms with Crippen molar-refractivity contribution in [1.29, 1.82) is 0 Å². The zero-order chi connectivity index (χ0) is 19.0. The van der Waals surface area contributed by atoms with Crippen LogP contribution in [0.3, 0.4) is 0 Å². The van der Waals surface area contributed by atoms with Gasteiger partial charge in [0.05, 0.1) is 16.8 Å². The first-order valence-electron chi connectivity index (χ1n) is 9.09. The number of carbonyl (C=O) groups excluding carboxylic acids is 1. The van der Waals surface area contributed by atoms with Gasteiger partial charge >= 0.3 is 0 Å². The maximum atomic E-state index is 12.7.